The smallest absolute Gasteiger partial charge is 0.353 e. The van der Waals surface area contributed by atoms with Crippen LogP contribution in [0.2, 0.25) is 0 Å². The van der Waals surface area contributed by atoms with Gasteiger partial charge in [0, 0.05) is 31.1 Å². The summed E-state index contributed by atoms with van der Waals surface area (Å²) >= 11 is 0. The third kappa shape index (κ3) is 5.75. The molecule has 0 bridgehead atoms. The number of hydrogen-bond donors (Lipinski definition) is 1. The molecule has 2 rings (SSSR count). The molecule has 4 nitrogen and oxygen atoms in total. The van der Waals surface area contributed by atoms with Crippen LogP contribution in [0.5, 0.6) is 0 Å². The fourth-order valence-corrected chi connectivity index (χ4v) is 2.97. The van der Waals surface area contributed by atoms with Gasteiger partial charge in [-0.25, -0.2) is 0 Å². The zero-order chi connectivity index (χ0) is 19.5. The van der Waals surface area contributed by atoms with E-state index in [4.69, 9.17) is 0 Å². The fourth-order valence-electron chi connectivity index (χ4n) is 2.97. The third-order valence-corrected chi connectivity index (χ3v) is 4.30. The maximum Gasteiger partial charge on any atom is 0.416 e. The molecule has 0 aliphatic carbocycles. The Kier molecular flexibility index (Phi) is 5.98. The molecule has 0 atom stereocenters. The van der Waals surface area contributed by atoms with Gasteiger partial charge in [0.2, 0.25) is 5.91 Å². The number of rotatable bonds is 3. The lowest BCUT2D eigenvalue weighted by molar-refractivity contribution is -0.137. The van der Waals surface area contributed by atoms with E-state index in [2.05, 4.69) is 5.32 Å². The van der Waals surface area contributed by atoms with Gasteiger partial charge >= 0.3 is 6.18 Å². The number of piperidine rings is 1. The van der Waals surface area contributed by atoms with Crippen molar-refractivity contribution in [1.29, 1.82) is 0 Å². The van der Waals surface area contributed by atoms with E-state index < -0.39 is 11.7 Å². The van der Waals surface area contributed by atoms with Crippen molar-refractivity contribution in [2.45, 2.75) is 52.3 Å². The average Bonchev–Trinajstić information content (AvgIpc) is 2.52. The van der Waals surface area contributed by atoms with Crippen LogP contribution in [0.4, 0.5) is 13.2 Å². The lowest BCUT2D eigenvalue weighted by Gasteiger charge is -2.33. The van der Waals surface area contributed by atoms with Crippen LogP contribution in [0.1, 0.15) is 56.0 Å². The zero-order valence-electron chi connectivity index (χ0n) is 15.3. The number of carbonyl (C=O) groups is 2. The number of likely N-dealkylation sites (tertiary alicyclic amines) is 1. The first-order valence-electron chi connectivity index (χ1n) is 8.71. The van der Waals surface area contributed by atoms with E-state index in [9.17, 15) is 22.8 Å². The van der Waals surface area contributed by atoms with E-state index in [-0.39, 0.29) is 28.8 Å². The van der Waals surface area contributed by atoms with E-state index in [1.165, 1.54) is 12.1 Å². The van der Waals surface area contributed by atoms with Crippen LogP contribution < -0.4 is 5.32 Å². The molecule has 1 aliphatic heterocycles. The second-order valence-corrected chi connectivity index (χ2v) is 7.95. The van der Waals surface area contributed by atoms with Crippen LogP contribution >= 0.6 is 0 Å². The molecule has 26 heavy (non-hydrogen) atoms. The average molecular weight is 370 g/mol. The summed E-state index contributed by atoms with van der Waals surface area (Å²) in [4.78, 5) is 26.0. The molecule has 7 heteroatoms. The van der Waals surface area contributed by atoms with Gasteiger partial charge in [0.15, 0.2) is 0 Å². The molecule has 2 amide bonds. The van der Waals surface area contributed by atoms with Crippen LogP contribution in [-0.2, 0) is 11.0 Å². The van der Waals surface area contributed by atoms with Gasteiger partial charge in [-0.05, 0) is 42.5 Å². The van der Waals surface area contributed by atoms with Crippen LogP contribution in [0.25, 0.3) is 0 Å². The Balaban J connectivity index is 1.87. The van der Waals surface area contributed by atoms with E-state index >= 15 is 0 Å². The normalized spacial score (nSPS) is 16.5. The van der Waals surface area contributed by atoms with Crippen molar-refractivity contribution in [1.82, 2.24) is 10.2 Å². The third-order valence-electron chi connectivity index (χ3n) is 4.30. The Morgan fingerprint density at radius 3 is 2.08 bits per heavy atom. The summed E-state index contributed by atoms with van der Waals surface area (Å²) in [6.07, 6.45) is -2.69. The van der Waals surface area contributed by atoms with Gasteiger partial charge in [-0.2, -0.15) is 13.2 Å². The number of nitrogens with zero attached hydrogens (tertiary/aromatic N) is 1. The number of benzene rings is 1. The summed E-state index contributed by atoms with van der Waals surface area (Å²) < 4.78 is 37.8. The van der Waals surface area contributed by atoms with Gasteiger partial charge < -0.3 is 10.2 Å². The summed E-state index contributed by atoms with van der Waals surface area (Å²) in [5.41, 5.74) is -0.605. The second-order valence-electron chi connectivity index (χ2n) is 7.95. The van der Waals surface area contributed by atoms with Gasteiger partial charge in [-0.1, -0.05) is 20.8 Å². The monoisotopic (exact) mass is 370 g/mol. The predicted molar refractivity (Wildman–Crippen MR) is 92.6 cm³/mol. The van der Waals surface area contributed by atoms with Crippen molar-refractivity contribution in [2.75, 3.05) is 13.1 Å². The Bertz CT molecular complexity index is 640. The molecule has 0 unspecified atom stereocenters. The molecule has 1 aliphatic rings. The molecule has 0 radical (unpaired) electrons. The maximum absolute atomic E-state index is 12.6. The number of hydrogen-bond acceptors (Lipinski definition) is 2. The highest BCUT2D eigenvalue weighted by molar-refractivity contribution is 5.94. The highest BCUT2D eigenvalue weighted by atomic mass is 19.4. The minimum atomic E-state index is -4.41. The molecular weight excluding hydrogens is 345 g/mol. The van der Waals surface area contributed by atoms with Crippen molar-refractivity contribution in [3.63, 3.8) is 0 Å². The molecular formula is C19H25F3N2O2. The number of halogens is 3. The highest BCUT2D eigenvalue weighted by Gasteiger charge is 2.31. The van der Waals surface area contributed by atoms with Crippen molar-refractivity contribution >= 4 is 11.8 Å². The van der Waals surface area contributed by atoms with Crippen LogP contribution in [0.15, 0.2) is 24.3 Å². The molecule has 144 valence electrons. The Morgan fingerprint density at radius 1 is 1.08 bits per heavy atom. The van der Waals surface area contributed by atoms with Crippen LogP contribution in [0, 0.1) is 5.41 Å². The molecule has 1 N–H and O–H groups in total. The lowest BCUT2D eigenvalue weighted by Crippen LogP contribution is -2.47. The molecule has 0 spiro atoms. The molecule has 0 aromatic heterocycles. The van der Waals surface area contributed by atoms with E-state index in [1.54, 1.807) is 4.90 Å². The lowest BCUT2D eigenvalue weighted by atomic mass is 9.91. The first kappa shape index (κ1) is 20.3. The van der Waals surface area contributed by atoms with Gasteiger partial charge in [0.25, 0.3) is 5.91 Å². The molecule has 0 saturated carbocycles. The fraction of sp³-hybridized carbons (Fsp3) is 0.579. The first-order valence-corrected chi connectivity index (χ1v) is 8.71. The summed E-state index contributed by atoms with van der Waals surface area (Å²) in [6.45, 7) is 6.94. The first-order chi connectivity index (χ1) is 12.0. The van der Waals surface area contributed by atoms with Gasteiger partial charge in [-0.15, -0.1) is 0 Å². The SMILES string of the molecule is CC(C)(C)CC(=O)NC1CCN(C(=O)c2ccc(C(F)(F)F)cc2)CC1. The summed E-state index contributed by atoms with van der Waals surface area (Å²) in [5.74, 6) is -0.275. The van der Waals surface area contributed by atoms with E-state index in [0.29, 0.717) is 32.4 Å². The van der Waals surface area contributed by atoms with Gasteiger partial charge in [-0.3, -0.25) is 9.59 Å². The topological polar surface area (TPSA) is 49.4 Å². The Hall–Kier alpha value is -2.05. The largest absolute Gasteiger partial charge is 0.416 e. The summed E-state index contributed by atoms with van der Waals surface area (Å²) in [7, 11) is 0. The molecule has 1 aromatic rings. The zero-order valence-corrected chi connectivity index (χ0v) is 15.3. The number of nitrogens with one attached hydrogen (secondary N) is 1. The van der Waals surface area contributed by atoms with Crippen LogP contribution in [-0.4, -0.2) is 35.8 Å². The quantitative estimate of drug-likeness (QED) is 0.878. The predicted octanol–water partition coefficient (Wildman–Crippen LogP) is 3.86. The highest BCUT2D eigenvalue weighted by Crippen LogP contribution is 2.29. The number of carbonyl (C=O) groups excluding carboxylic acids is 2. The minimum Gasteiger partial charge on any atom is -0.353 e. The second kappa shape index (κ2) is 7.68. The Morgan fingerprint density at radius 2 is 1.62 bits per heavy atom. The Labute approximate surface area is 151 Å². The van der Waals surface area contributed by atoms with E-state index in [0.717, 1.165) is 12.1 Å². The van der Waals surface area contributed by atoms with Crippen molar-refractivity contribution in [2.24, 2.45) is 5.41 Å². The van der Waals surface area contributed by atoms with Crippen molar-refractivity contribution in [3.05, 3.63) is 35.4 Å². The van der Waals surface area contributed by atoms with E-state index in [1.807, 2.05) is 20.8 Å². The molecule has 1 saturated heterocycles. The van der Waals surface area contributed by atoms with Crippen molar-refractivity contribution in [3.8, 4) is 0 Å². The van der Waals surface area contributed by atoms with Crippen molar-refractivity contribution < 1.29 is 22.8 Å². The maximum atomic E-state index is 12.6. The standard InChI is InChI=1S/C19H25F3N2O2/c1-18(2,3)12-16(25)23-15-8-10-24(11-9-15)17(26)13-4-6-14(7-5-13)19(20,21)22/h4-7,15H,8-12H2,1-3H3,(H,23,25). The summed E-state index contributed by atoms with van der Waals surface area (Å²) in [6, 6.07) is 4.30. The summed E-state index contributed by atoms with van der Waals surface area (Å²) in [5, 5.41) is 3.00. The molecule has 1 aromatic carbocycles. The number of alkyl halides is 3. The molecule has 1 fully saturated rings. The van der Waals surface area contributed by atoms with Crippen LogP contribution in [0.3, 0.4) is 0 Å². The molecule has 1 heterocycles. The van der Waals surface area contributed by atoms with Gasteiger partial charge in [0.1, 0.15) is 0 Å². The van der Waals surface area contributed by atoms with Gasteiger partial charge in [0.05, 0.1) is 5.56 Å². The minimum absolute atomic E-state index is 0.00464. The number of amides is 2.